The Balaban J connectivity index is 1.72. The molecule has 138 valence electrons. The normalized spacial score (nSPS) is 15.6. The second kappa shape index (κ2) is 8.20. The molecule has 2 heterocycles. The van der Waals surface area contributed by atoms with Crippen LogP contribution in [0.15, 0.2) is 30.5 Å². The number of hydrogen-bond donors (Lipinski definition) is 1. The lowest BCUT2D eigenvalue weighted by atomic mass is 10.1. The summed E-state index contributed by atoms with van der Waals surface area (Å²) in [4.78, 5) is 18.5. The van der Waals surface area contributed by atoms with Crippen LogP contribution in [0.25, 0.3) is 0 Å². The third kappa shape index (κ3) is 4.26. The molecule has 26 heavy (non-hydrogen) atoms. The minimum Gasteiger partial charge on any atom is -0.378 e. The third-order valence-corrected chi connectivity index (χ3v) is 4.76. The van der Waals surface area contributed by atoms with Gasteiger partial charge in [-0.1, -0.05) is 29.3 Å². The van der Waals surface area contributed by atoms with Gasteiger partial charge in [-0.15, -0.1) is 0 Å². The number of hydrogen-bond acceptors (Lipinski definition) is 4. The smallest absolute Gasteiger partial charge is 0.255 e. The van der Waals surface area contributed by atoms with Crippen LogP contribution >= 0.6 is 23.2 Å². The Hall–Kier alpha value is -1.89. The van der Waals surface area contributed by atoms with E-state index in [1.165, 1.54) is 12.3 Å². The summed E-state index contributed by atoms with van der Waals surface area (Å²) in [6, 6.07) is 5.91. The lowest BCUT2D eigenvalue weighted by Gasteiger charge is -2.27. The molecule has 0 spiro atoms. The summed E-state index contributed by atoms with van der Waals surface area (Å²) in [5.41, 5.74) is 1.22. The quantitative estimate of drug-likeness (QED) is 0.840. The maximum Gasteiger partial charge on any atom is 0.255 e. The Kier molecular flexibility index (Phi) is 5.96. The SMILES string of the molecule is CC(Nc1ncc(C(=O)N2CCOCC2)cc1Cl)c1ccc(F)c(Cl)c1. The molecule has 8 heteroatoms. The fourth-order valence-electron chi connectivity index (χ4n) is 2.68. The first-order chi connectivity index (χ1) is 12.5. The van der Waals surface area contributed by atoms with Crippen LogP contribution in [-0.2, 0) is 4.74 Å². The van der Waals surface area contributed by atoms with Gasteiger partial charge in [0.05, 0.1) is 34.9 Å². The van der Waals surface area contributed by atoms with E-state index in [4.69, 9.17) is 27.9 Å². The molecule has 3 rings (SSSR count). The van der Waals surface area contributed by atoms with Gasteiger partial charge in [-0.05, 0) is 30.7 Å². The van der Waals surface area contributed by atoms with Crippen LogP contribution in [0, 0.1) is 5.82 Å². The summed E-state index contributed by atoms with van der Waals surface area (Å²) in [7, 11) is 0. The van der Waals surface area contributed by atoms with E-state index < -0.39 is 5.82 Å². The molecular weight excluding hydrogens is 380 g/mol. The predicted octanol–water partition coefficient (Wildman–Crippen LogP) is 4.17. The van der Waals surface area contributed by atoms with Crippen molar-refractivity contribution in [3.63, 3.8) is 0 Å². The second-order valence-corrected chi connectivity index (χ2v) is 6.81. The van der Waals surface area contributed by atoms with Crippen molar-refractivity contribution in [2.24, 2.45) is 0 Å². The molecule has 0 radical (unpaired) electrons. The fourth-order valence-corrected chi connectivity index (χ4v) is 3.09. The summed E-state index contributed by atoms with van der Waals surface area (Å²) in [5, 5.41) is 3.54. The third-order valence-electron chi connectivity index (χ3n) is 4.18. The lowest BCUT2D eigenvalue weighted by Crippen LogP contribution is -2.40. The molecule has 1 unspecified atom stereocenters. The van der Waals surface area contributed by atoms with Gasteiger partial charge in [-0.2, -0.15) is 0 Å². The highest BCUT2D eigenvalue weighted by Crippen LogP contribution is 2.27. The van der Waals surface area contributed by atoms with Crippen molar-refractivity contribution in [3.8, 4) is 0 Å². The predicted molar refractivity (Wildman–Crippen MR) is 99.4 cm³/mol. The lowest BCUT2D eigenvalue weighted by molar-refractivity contribution is 0.0302. The number of carbonyl (C=O) groups is 1. The number of nitrogens with one attached hydrogen (secondary N) is 1. The number of pyridine rings is 1. The van der Waals surface area contributed by atoms with Crippen LogP contribution < -0.4 is 5.32 Å². The molecule has 1 aromatic carbocycles. The number of nitrogens with zero attached hydrogens (tertiary/aromatic N) is 2. The van der Waals surface area contributed by atoms with Crippen LogP contribution in [0.1, 0.15) is 28.9 Å². The average Bonchev–Trinajstić information content (AvgIpc) is 2.65. The van der Waals surface area contributed by atoms with E-state index in [2.05, 4.69) is 10.3 Å². The zero-order valence-corrected chi connectivity index (χ0v) is 15.6. The molecule has 0 bridgehead atoms. The number of anilines is 1. The van der Waals surface area contributed by atoms with Gasteiger partial charge >= 0.3 is 0 Å². The molecule has 1 N–H and O–H groups in total. The number of morpholine rings is 1. The number of rotatable bonds is 4. The van der Waals surface area contributed by atoms with Gasteiger partial charge in [0.15, 0.2) is 0 Å². The molecule has 0 saturated carbocycles. The number of aromatic nitrogens is 1. The molecule has 1 atom stereocenters. The minimum atomic E-state index is -0.468. The monoisotopic (exact) mass is 397 g/mol. The van der Waals surface area contributed by atoms with Gasteiger partial charge in [0.25, 0.3) is 5.91 Å². The topological polar surface area (TPSA) is 54.5 Å². The summed E-state index contributed by atoms with van der Waals surface area (Å²) >= 11 is 12.1. The second-order valence-electron chi connectivity index (χ2n) is 6.00. The Morgan fingerprint density at radius 3 is 2.65 bits per heavy atom. The zero-order chi connectivity index (χ0) is 18.7. The molecule has 1 aliphatic heterocycles. The van der Waals surface area contributed by atoms with E-state index in [1.54, 1.807) is 23.1 Å². The molecule has 5 nitrogen and oxygen atoms in total. The molecule has 1 aromatic heterocycles. The number of ether oxygens (including phenoxy) is 1. The number of carbonyl (C=O) groups excluding carboxylic acids is 1. The Labute approximate surface area is 161 Å². The number of amides is 1. The maximum atomic E-state index is 13.3. The summed E-state index contributed by atoms with van der Waals surface area (Å²) in [6.45, 7) is 4.06. The van der Waals surface area contributed by atoms with E-state index in [-0.39, 0.29) is 17.0 Å². The van der Waals surface area contributed by atoms with Gasteiger partial charge < -0.3 is 15.0 Å². The fraction of sp³-hybridized carbons (Fsp3) is 0.333. The van der Waals surface area contributed by atoms with E-state index >= 15 is 0 Å². The molecular formula is C18H18Cl2FN3O2. The largest absolute Gasteiger partial charge is 0.378 e. The van der Waals surface area contributed by atoms with Crippen LogP contribution in [0.3, 0.4) is 0 Å². The van der Waals surface area contributed by atoms with Crippen molar-refractivity contribution in [1.29, 1.82) is 0 Å². The summed E-state index contributed by atoms with van der Waals surface area (Å²) in [5.74, 6) is -0.143. The van der Waals surface area contributed by atoms with Gasteiger partial charge in [0.1, 0.15) is 11.6 Å². The molecule has 2 aromatic rings. The minimum absolute atomic E-state index is 0.0571. The van der Waals surface area contributed by atoms with E-state index in [9.17, 15) is 9.18 Å². The highest BCUT2D eigenvalue weighted by molar-refractivity contribution is 6.33. The first-order valence-corrected chi connectivity index (χ1v) is 8.95. The van der Waals surface area contributed by atoms with Crippen LogP contribution in [0.2, 0.25) is 10.0 Å². The standard InChI is InChI=1S/C18H18Cl2FN3O2/c1-11(12-2-3-16(21)14(19)8-12)23-17-15(20)9-13(10-22-17)18(25)24-4-6-26-7-5-24/h2-3,8-11H,4-7H2,1H3,(H,22,23). The highest BCUT2D eigenvalue weighted by Gasteiger charge is 2.20. The van der Waals surface area contributed by atoms with E-state index in [1.807, 2.05) is 6.92 Å². The van der Waals surface area contributed by atoms with Crippen molar-refractivity contribution in [1.82, 2.24) is 9.88 Å². The van der Waals surface area contributed by atoms with Gasteiger partial charge in [-0.25, -0.2) is 9.37 Å². The first kappa shape index (κ1) is 18.9. The first-order valence-electron chi connectivity index (χ1n) is 8.20. The zero-order valence-electron chi connectivity index (χ0n) is 14.1. The number of benzene rings is 1. The van der Waals surface area contributed by atoms with Gasteiger partial charge in [0, 0.05) is 19.3 Å². The van der Waals surface area contributed by atoms with Crippen LogP contribution in [0.4, 0.5) is 10.2 Å². The highest BCUT2D eigenvalue weighted by atomic mass is 35.5. The molecule has 1 saturated heterocycles. The van der Waals surface area contributed by atoms with Crippen molar-refractivity contribution in [2.45, 2.75) is 13.0 Å². The van der Waals surface area contributed by atoms with Gasteiger partial charge in [0.2, 0.25) is 0 Å². The molecule has 1 amide bonds. The Bertz CT molecular complexity index is 813. The van der Waals surface area contributed by atoms with E-state index in [0.29, 0.717) is 42.7 Å². The Morgan fingerprint density at radius 1 is 1.27 bits per heavy atom. The summed E-state index contributed by atoms with van der Waals surface area (Å²) in [6.07, 6.45) is 1.50. The van der Waals surface area contributed by atoms with Crippen molar-refractivity contribution in [2.75, 3.05) is 31.6 Å². The van der Waals surface area contributed by atoms with Gasteiger partial charge in [-0.3, -0.25) is 4.79 Å². The Morgan fingerprint density at radius 2 is 2.00 bits per heavy atom. The number of halogens is 3. The molecule has 1 aliphatic rings. The molecule has 1 fully saturated rings. The summed E-state index contributed by atoms with van der Waals surface area (Å²) < 4.78 is 18.5. The van der Waals surface area contributed by atoms with Crippen LogP contribution in [0.5, 0.6) is 0 Å². The van der Waals surface area contributed by atoms with Crippen molar-refractivity contribution >= 4 is 34.9 Å². The van der Waals surface area contributed by atoms with Crippen molar-refractivity contribution < 1.29 is 13.9 Å². The van der Waals surface area contributed by atoms with Crippen molar-refractivity contribution in [3.05, 3.63) is 57.5 Å². The van der Waals surface area contributed by atoms with Crippen LogP contribution in [-0.4, -0.2) is 42.1 Å². The average molecular weight is 398 g/mol. The molecule has 0 aliphatic carbocycles. The maximum absolute atomic E-state index is 13.3. The van der Waals surface area contributed by atoms with E-state index in [0.717, 1.165) is 5.56 Å².